The first kappa shape index (κ1) is 17.9. The molecule has 0 saturated carbocycles. The molecule has 0 aliphatic rings. The maximum atomic E-state index is 11.8. The van der Waals surface area contributed by atoms with Gasteiger partial charge >= 0.3 is 5.97 Å². The lowest BCUT2D eigenvalue weighted by molar-refractivity contribution is -0.169. The molecule has 0 aromatic heterocycles. The highest BCUT2D eigenvalue weighted by molar-refractivity contribution is 5.75. The smallest absolute Gasteiger partial charge is 0.336 e. The highest BCUT2D eigenvalue weighted by atomic mass is 16.5. The number of ether oxygens (including phenoxy) is 1. The summed E-state index contributed by atoms with van der Waals surface area (Å²) in [5.41, 5.74) is 0.528. The molecule has 0 radical (unpaired) electrons. The molecule has 132 valence electrons. The van der Waals surface area contributed by atoms with Crippen LogP contribution >= 0.6 is 0 Å². The van der Waals surface area contributed by atoms with Crippen molar-refractivity contribution in [1.29, 1.82) is 0 Å². The zero-order valence-electron chi connectivity index (χ0n) is 14.2. The van der Waals surface area contributed by atoms with Crippen molar-refractivity contribution in [2.45, 2.75) is 18.3 Å². The SMILES string of the molecule is O=C(O)C(O)C(OCc1ccccc1)(c1ccccc1)c1ccccc1. The van der Waals surface area contributed by atoms with E-state index in [9.17, 15) is 15.0 Å². The van der Waals surface area contributed by atoms with Crippen LogP contribution in [0.15, 0.2) is 91.0 Å². The molecule has 0 aliphatic carbocycles. The van der Waals surface area contributed by atoms with Gasteiger partial charge in [-0.1, -0.05) is 91.0 Å². The number of aliphatic carboxylic acids is 1. The van der Waals surface area contributed by atoms with Crippen LogP contribution < -0.4 is 0 Å². The van der Waals surface area contributed by atoms with Gasteiger partial charge in [-0.3, -0.25) is 0 Å². The lowest BCUT2D eigenvalue weighted by Crippen LogP contribution is -2.47. The van der Waals surface area contributed by atoms with E-state index >= 15 is 0 Å². The van der Waals surface area contributed by atoms with Crippen molar-refractivity contribution in [2.75, 3.05) is 0 Å². The maximum absolute atomic E-state index is 11.8. The third-order valence-corrected chi connectivity index (χ3v) is 4.33. The molecule has 4 nitrogen and oxygen atoms in total. The van der Waals surface area contributed by atoms with E-state index in [-0.39, 0.29) is 6.61 Å². The summed E-state index contributed by atoms with van der Waals surface area (Å²) in [5.74, 6) is -1.34. The molecule has 26 heavy (non-hydrogen) atoms. The van der Waals surface area contributed by atoms with Gasteiger partial charge in [0, 0.05) is 0 Å². The highest BCUT2D eigenvalue weighted by Crippen LogP contribution is 2.38. The Balaban J connectivity index is 2.13. The summed E-state index contributed by atoms with van der Waals surface area (Å²) < 4.78 is 6.18. The fraction of sp³-hybridized carbons (Fsp3) is 0.136. The van der Waals surface area contributed by atoms with Gasteiger partial charge in [0.05, 0.1) is 6.61 Å². The number of carbonyl (C=O) groups is 1. The predicted molar refractivity (Wildman–Crippen MR) is 98.5 cm³/mol. The Morgan fingerprint density at radius 1 is 0.808 bits per heavy atom. The summed E-state index contributed by atoms with van der Waals surface area (Å²) in [6.07, 6.45) is -1.77. The van der Waals surface area contributed by atoms with Crippen molar-refractivity contribution >= 4 is 5.97 Å². The van der Waals surface area contributed by atoms with Crippen molar-refractivity contribution in [2.24, 2.45) is 0 Å². The normalized spacial score (nSPS) is 12.5. The highest BCUT2D eigenvalue weighted by Gasteiger charge is 2.46. The molecule has 1 atom stereocenters. The van der Waals surface area contributed by atoms with Crippen molar-refractivity contribution in [3.63, 3.8) is 0 Å². The topological polar surface area (TPSA) is 66.8 Å². The minimum atomic E-state index is -1.77. The molecule has 0 bridgehead atoms. The van der Waals surface area contributed by atoms with Crippen LogP contribution in [0.3, 0.4) is 0 Å². The number of hydrogen-bond acceptors (Lipinski definition) is 3. The molecule has 3 aromatic rings. The predicted octanol–water partition coefficient (Wildman–Crippen LogP) is 3.59. The second kappa shape index (κ2) is 7.95. The largest absolute Gasteiger partial charge is 0.479 e. The molecule has 3 rings (SSSR count). The lowest BCUT2D eigenvalue weighted by atomic mass is 9.81. The number of aliphatic hydroxyl groups excluding tert-OH is 1. The Kier molecular flexibility index (Phi) is 5.46. The Hall–Kier alpha value is -2.95. The zero-order valence-corrected chi connectivity index (χ0v) is 14.2. The Labute approximate surface area is 152 Å². The molecule has 0 heterocycles. The summed E-state index contributed by atoms with van der Waals surface area (Å²) in [7, 11) is 0. The number of rotatable bonds is 7. The van der Waals surface area contributed by atoms with Crippen LogP contribution in [0.1, 0.15) is 16.7 Å². The van der Waals surface area contributed by atoms with Crippen LogP contribution in [-0.2, 0) is 21.7 Å². The molecule has 1 unspecified atom stereocenters. The summed E-state index contributed by atoms with van der Waals surface area (Å²) in [4.78, 5) is 11.8. The molecule has 3 aromatic carbocycles. The minimum Gasteiger partial charge on any atom is -0.479 e. The third kappa shape index (κ3) is 3.52. The summed E-state index contributed by atoms with van der Waals surface area (Å²) >= 11 is 0. The van der Waals surface area contributed by atoms with Gasteiger partial charge in [-0.25, -0.2) is 4.79 Å². The van der Waals surface area contributed by atoms with Crippen LogP contribution in [0.5, 0.6) is 0 Å². The van der Waals surface area contributed by atoms with Crippen LogP contribution in [0.4, 0.5) is 0 Å². The Morgan fingerprint density at radius 3 is 1.65 bits per heavy atom. The first-order valence-corrected chi connectivity index (χ1v) is 8.34. The van der Waals surface area contributed by atoms with Gasteiger partial charge in [0.25, 0.3) is 0 Å². The molecule has 2 N–H and O–H groups in total. The zero-order chi connectivity index (χ0) is 18.4. The number of benzene rings is 3. The molecule has 0 saturated heterocycles. The van der Waals surface area contributed by atoms with Crippen molar-refractivity contribution in [3.8, 4) is 0 Å². The first-order valence-electron chi connectivity index (χ1n) is 8.34. The van der Waals surface area contributed by atoms with Gasteiger partial charge in [0.15, 0.2) is 11.7 Å². The fourth-order valence-electron chi connectivity index (χ4n) is 3.04. The van der Waals surface area contributed by atoms with Crippen LogP contribution in [0, 0.1) is 0 Å². The molecular formula is C22H20O4. The quantitative estimate of drug-likeness (QED) is 0.685. The van der Waals surface area contributed by atoms with Crippen molar-refractivity contribution in [3.05, 3.63) is 108 Å². The van der Waals surface area contributed by atoms with E-state index in [0.717, 1.165) is 5.56 Å². The van der Waals surface area contributed by atoms with E-state index in [1.54, 1.807) is 48.5 Å². The van der Waals surface area contributed by atoms with E-state index in [4.69, 9.17) is 4.74 Å². The molecule has 0 spiro atoms. The van der Waals surface area contributed by atoms with E-state index in [0.29, 0.717) is 11.1 Å². The summed E-state index contributed by atoms with van der Waals surface area (Å²) in [6.45, 7) is 0.162. The van der Waals surface area contributed by atoms with E-state index < -0.39 is 17.7 Å². The monoisotopic (exact) mass is 348 g/mol. The lowest BCUT2D eigenvalue weighted by Gasteiger charge is -2.37. The van der Waals surface area contributed by atoms with E-state index in [1.165, 1.54) is 0 Å². The molecular weight excluding hydrogens is 328 g/mol. The van der Waals surface area contributed by atoms with Gasteiger partial charge in [-0.05, 0) is 16.7 Å². The van der Waals surface area contributed by atoms with Crippen molar-refractivity contribution < 1.29 is 19.7 Å². The van der Waals surface area contributed by atoms with Crippen LogP contribution in [0.25, 0.3) is 0 Å². The van der Waals surface area contributed by atoms with Gasteiger partial charge in [0.1, 0.15) is 0 Å². The molecule has 4 heteroatoms. The standard InChI is InChI=1S/C22H20O4/c23-20(21(24)25)22(18-12-6-2-7-13-18,19-14-8-3-9-15-19)26-16-17-10-4-1-5-11-17/h1-15,20,23H,16H2,(H,24,25). The number of aliphatic hydroxyl groups is 1. The Morgan fingerprint density at radius 2 is 1.23 bits per heavy atom. The molecule has 0 fully saturated rings. The summed E-state index contributed by atoms with van der Waals surface area (Å²) in [6, 6.07) is 27.4. The third-order valence-electron chi connectivity index (χ3n) is 4.33. The van der Waals surface area contributed by atoms with Gasteiger partial charge in [-0.2, -0.15) is 0 Å². The molecule has 0 aliphatic heterocycles. The number of carboxylic acids is 1. The first-order chi connectivity index (χ1) is 12.6. The Bertz CT molecular complexity index is 792. The van der Waals surface area contributed by atoms with Crippen LogP contribution in [-0.4, -0.2) is 22.3 Å². The van der Waals surface area contributed by atoms with E-state index in [1.807, 2.05) is 42.5 Å². The number of hydrogen-bond donors (Lipinski definition) is 2. The van der Waals surface area contributed by atoms with Crippen molar-refractivity contribution in [1.82, 2.24) is 0 Å². The second-order valence-corrected chi connectivity index (χ2v) is 5.98. The number of carboxylic acid groups (broad SMARTS) is 1. The fourth-order valence-corrected chi connectivity index (χ4v) is 3.04. The van der Waals surface area contributed by atoms with Gasteiger partial charge < -0.3 is 14.9 Å². The van der Waals surface area contributed by atoms with Gasteiger partial charge in [-0.15, -0.1) is 0 Å². The van der Waals surface area contributed by atoms with E-state index in [2.05, 4.69) is 0 Å². The van der Waals surface area contributed by atoms with Gasteiger partial charge in [0.2, 0.25) is 0 Å². The average Bonchev–Trinajstić information content (AvgIpc) is 2.70. The molecule has 0 amide bonds. The minimum absolute atomic E-state index is 0.162. The second-order valence-electron chi connectivity index (χ2n) is 5.98. The van der Waals surface area contributed by atoms with Crippen LogP contribution in [0.2, 0.25) is 0 Å². The maximum Gasteiger partial charge on any atom is 0.336 e. The average molecular weight is 348 g/mol. The summed E-state index contributed by atoms with van der Waals surface area (Å²) in [5, 5.41) is 20.3.